The molecule has 0 spiro atoms. The van der Waals surface area contributed by atoms with E-state index in [2.05, 4.69) is 26.1 Å². The van der Waals surface area contributed by atoms with Gasteiger partial charge >= 0.3 is 0 Å². The van der Waals surface area contributed by atoms with Crippen LogP contribution in [0.2, 0.25) is 0 Å². The summed E-state index contributed by atoms with van der Waals surface area (Å²) in [4.78, 5) is 21.1. The van der Waals surface area contributed by atoms with Crippen molar-refractivity contribution in [3.05, 3.63) is 36.3 Å². The molecule has 0 bridgehead atoms. The molecule has 2 aliphatic heterocycles. The smallest absolute Gasteiger partial charge is 0.222 e. The lowest BCUT2D eigenvalue weighted by Crippen LogP contribution is -2.36. The molecule has 2 aliphatic rings. The van der Waals surface area contributed by atoms with Crippen molar-refractivity contribution in [3.8, 4) is 11.3 Å². The average Bonchev–Trinajstić information content (AvgIpc) is 3.34. The molecule has 6 nitrogen and oxygen atoms in total. The van der Waals surface area contributed by atoms with Gasteiger partial charge in [-0.2, -0.15) is 5.10 Å². The standard InChI is InChI=1S/C21H29N5O/c1-24-15-19(21(23-24)18-4-8-22-9-5-18)16-25-12-6-17(7-13-25)14-20(27)26-10-2-3-11-26/h4-5,8-9,15,17H,2-3,6-7,10-14,16H2,1H3. The minimum atomic E-state index is 0.373. The highest BCUT2D eigenvalue weighted by Crippen LogP contribution is 2.26. The van der Waals surface area contributed by atoms with Crippen molar-refractivity contribution < 1.29 is 4.79 Å². The van der Waals surface area contributed by atoms with Crippen molar-refractivity contribution in [2.24, 2.45) is 13.0 Å². The van der Waals surface area contributed by atoms with Gasteiger partial charge in [0, 0.05) is 62.8 Å². The van der Waals surface area contributed by atoms with Crippen LogP contribution in [0.3, 0.4) is 0 Å². The molecule has 27 heavy (non-hydrogen) atoms. The van der Waals surface area contributed by atoms with Gasteiger partial charge in [-0.25, -0.2) is 0 Å². The summed E-state index contributed by atoms with van der Waals surface area (Å²) < 4.78 is 1.90. The van der Waals surface area contributed by atoms with Crippen molar-refractivity contribution in [2.45, 2.75) is 38.6 Å². The number of pyridine rings is 1. The van der Waals surface area contributed by atoms with Gasteiger partial charge in [0.1, 0.15) is 0 Å². The molecule has 0 aromatic carbocycles. The Morgan fingerprint density at radius 3 is 2.52 bits per heavy atom. The molecule has 144 valence electrons. The molecule has 2 aromatic rings. The summed E-state index contributed by atoms with van der Waals surface area (Å²) in [6.07, 6.45) is 11.1. The van der Waals surface area contributed by atoms with Gasteiger partial charge in [0.15, 0.2) is 0 Å². The average molecular weight is 367 g/mol. The normalized spacial score (nSPS) is 18.9. The number of amides is 1. The number of nitrogens with zero attached hydrogens (tertiary/aromatic N) is 5. The van der Waals surface area contributed by atoms with E-state index in [9.17, 15) is 4.79 Å². The lowest BCUT2D eigenvalue weighted by molar-refractivity contribution is -0.131. The second-order valence-corrected chi connectivity index (χ2v) is 7.92. The third-order valence-electron chi connectivity index (χ3n) is 5.88. The molecule has 2 saturated heterocycles. The fraction of sp³-hybridized carbons (Fsp3) is 0.571. The number of aromatic nitrogens is 3. The number of piperidine rings is 1. The van der Waals surface area contributed by atoms with Crippen LogP contribution in [-0.2, 0) is 18.4 Å². The summed E-state index contributed by atoms with van der Waals surface area (Å²) in [5.74, 6) is 0.918. The van der Waals surface area contributed by atoms with E-state index in [1.807, 2.05) is 36.3 Å². The highest BCUT2D eigenvalue weighted by Gasteiger charge is 2.26. The Kier molecular flexibility index (Phi) is 5.53. The maximum absolute atomic E-state index is 12.4. The fourth-order valence-corrected chi connectivity index (χ4v) is 4.34. The first-order valence-corrected chi connectivity index (χ1v) is 10.1. The molecule has 1 amide bonds. The summed E-state index contributed by atoms with van der Waals surface area (Å²) in [6, 6.07) is 4.03. The first-order chi connectivity index (χ1) is 13.2. The highest BCUT2D eigenvalue weighted by molar-refractivity contribution is 5.76. The number of hydrogen-bond acceptors (Lipinski definition) is 4. The summed E-state index contributed by atoms with van der Waals surface area (Å²) >= 11 is 0. The zero-order valence-corrected chi connectivity index (χ0v) is 16.2. The predicted octanol–water partition coefficient (Wildman–Crippen LogP) is 2.71. The second kappa shape index (κ2) is 8.21. The van der Waals surface area contributed by atoms with Crippen LogP contribution < -0.4 is 0 Å². The molecule has 0 saturated carbocycles. The largest absolute Gasteiger partial charge is 0.343 e. The highest BCUT2D eigenvalue weighted by atomic mass is 16.2. The Labute approximate surface area is 161 Å². The summed E-state index contributed by atoms with van der Waals surface area (Å²) in [5, 5.41) is 4.66. The van der Waals surface area contributed by atoms with Gasteiger partial charge in [-0.3, -0.25) is 19.4 Å². The Morgan fingerprint density at radius 2 is 1.81 bits per heavy atom. The Hall–Kier alpha value is -2.21. The van der Waals surface area contributed by atoms with Crippen molar-refractivity contribution in [1.82, 2.24) is 24.6 Å². The van der Waals surface area contributed by atoms with Crippen molar-refractivity contribution in [1.29, 1.82) is 0 Å². The quantitative estimate of drug-likeness (QED) is 0.815. The maximum Gasteiger partial charge on any atom is 0.222 e. The molecule has 2 aromatic heterocycles. The molecule has 4 rings (SSSR count). The van der Waals surface area contributed by atoms with Crippen LogP contribution in [0.1, 0.15) is 37.7 Å². The lowest BCUT2D eigenvalue weighted by atomic mass is 9.92. The molecule has 0 radical (unpaired) electrons. The van der Waals surface area contributed by atoms with E-state index in [4.69, 9.17) is 0 Å². The third-order valence-corrected chi connectivity index (χ3v) is 5.88. The van der Waals surface area contributed by atoms with E-state index >= 15 is 0 Å². The zero-order valence-electron chi connectivity index (χ0n) is 16.2. The topological polar surface area (TPSA) is 54.3 Å². The van der Waals surface area contributed by atoms with Gasteiger partial charge in [0.05, 0.1) is 5.69 Å². The monoisotopic (exact) mass is 367 g/mol. The van der Waals surface area contributed by atoms with E-state index in [0.29, 0.717) is 11.8 Å². The molecule has 2 fully saturated rings. The van der Waals surface area contributed by atoms with E-state index in [1.54, 1.807) is 0 Å². The van der Waals surface area contributed by atoms with Crippen LogP contribution in [0, 0.1) is 5.92 Å². The van der Waals surface area contributed by atoms with E-state index in [1.165, 1.54) is 18.4 Å². The predicted molar refractivity (Wildman–Crippen MR) is 105 cm³/mol. The molecule has 0 unspecified atom stereocenters. The van der Waals surface area contributed by atoms with Crippen molar-refractivity contribution in [3.63, 3.8) is 0 Å². The van der Waals surface area contributed by atoms with E-state index in [0.717, 1.165) is 63.2 Å². The minimum absolute atomic E-state index is 0.373. The Morgan fingerprint density at radius 1 is 1.11 bits per heavy atom. The van der Waals surface area contributed by atoms with Crippen molar-refractivity contribution >= 4 is 5.91 Å². The van der Waals surface area contributed by atoms with E-state index in [-0.39, 0.29) is 0 Å². The number of likely N-dealkylation sites (tertiary alicyclic amines) is 2. The molecular weight excluding hydrogens is 338 g/mol. The summed E-state index contributed by atoms with van der Waals surface area (Å²) in [5.41, 5.74) is 3.42. The van der Waals surface area contributed by atoms with Gasteiger partial charge in [-0.1, -0.05) is 0 Å². The van der Waals surface area contributed by atoms with E-state index < -0.39 is 0 Å². The number of rotatable bonds is 5. The number of carbonyl (C=O) groups is 1. The first kappa shape index (κ1) is 18.2. The molecule has 0 aliphatic carbocycles. The number of hydrogen-bond donors (Lipinski definition) is 0. The Bertz CT molecular complexity index is 758. The van der Waals surface area contributed by atoms with Gasteiger partial charge in [-0.15, -0.1) is 0 Å². The van der Waals surface area contributed by atoms with Gasteiger partial charge in [0.25, 0.3) is 0 Å². The van der Waals surface area contributed by atoms with Gasteiger partial charge in [0.2, 0.25) is 5.91 Å². The van der Waals surface area contributed by atoms with Crippen LogP contribution in [0.5, 0.6) is 0 Å². The molecule has 0 atom stereocenters. The van der Waals surface area contributed by atoms with Crippen LogP contribution in [-0.4, -0.2) is 56.7 Å². The SMILES string of the molecule is Cn1cc(CN2CCC(CC(=O)N3CCCC3)CC2)c(-c2ccncc2)n1. The molecule has 6 heteroatoms. The van der Waals surface area contributed by atoms with Gasteiger partial charge in [-0.05, 0) is 56.8 Å². The van der Waals surface area contributed by atoms with Crippen LogP contribution >= 0.6 is 0 Å². The van der Waals surface area contributed by atoms with Gasteiger partial charge < -0.3 is 4.90 Å². The van der Waals surface area contributed by atoms with Crippen molar-refractivity contribution in [2.75, 3.05) is 26.2 Å². The second-order valence-electron chi connectivity index (χ2n) is 7.92. The zero-order chi connectivity index (χ0) is 18.6. The fourth-order valence-electron chi connectivity index (χ4n) is 4.34. The summed E-state index contributed by atoms with van der Waals surface area (Å²) in [7, 11) is 1.98. The van der Waals surface area contributed by atoms with Crippen LogP contribution in [0.25, 0.3) is 11.3 Å². The molecule has 0 N–H and O–H groups in total. The lowest BCUT2D eigenvalue weighted by Gasteiger charge is -2.32. The minimum Gasteiger partial charge on any atom is -0.343 e. The maximum atomic E-state index is 12.4. The van der Waals surface area contributed by atoms with Crippen LogP contribution in [0.4, 0.5) is 0 Å². The third kappa shape index (κ3) is 4.38. The number of aryl methyl sites for hydroxylation is 1. The first-order valence-electron chi connectivity index (χ1n) is 10.1. The Balaban J connectivity index is 1.33. The molecule has 4 heterocycles. The summed E-state index contributed by atoms with van der Waals surface area (Å²) in [6.45, 7) is 4.97. The van der Waals surface area contributed by atoms with Crippen LogP contribution in [0.15, 0.2) is 30.7 Å². The number of carbonyl (C=O) groups excluding carboxylic acids is 1. The molecular formula is C21H29N5O.